The van der Waals surface area contributed by atoms with Crippen molar-refractivity contribution in [1.29, 1.82) is 0 Å². The van der Waals surface area contributed by atoms with Gasteiger partial charge in [0.1, 0.15) is 0 Å². The number of rotatable bonds is 11. The van der Waals surface area contributed by atoms with Crippen LogP contribution in [-0.4, -0.2) is 78.3 Å². The average molecular weight is 706 g/mol. The van der Waals surface area contributed by atoms with E-state index in [2.05, 4.69) is 64.4 Å². The highest BCUT2D eigenvalue weighted by atomic mass is 28.4. The fourth-order valence-electron chi connectivity index (χ4n) is 5.43. The molecule has 0 atom stereocenters. The number of benzene rings is 2. The van der Waals surface area contributed by atoms with Gasteiger partial charge in [-0.3, -0.25) is 19.6 Å². The maximum atomic E-state index is 14.3. The molecule has 0 saturated carbocycles. The third-order valence-electron chi connectivity index (χ3n) is 9.57. The number of amides is 1. The molecule has 0 bridgehead atoms. The molecule has 1 aliphatic heterocycles. The van der Waals surface area contributed by atoms with Gasteiger partial charge < -0.3 is 15.1 Å². The Morgan fingerprint density at radius 2 is 1.70 bits per heavy atom. The molecule has 0 radical (unpaired) electrons. The van der Waals surface area contributed by atoms with E-state index in [-0.39, 0.29) is 28.4 Å². The van der Waals surface area contributed by atoms with Gasteiger partial charge >= 0.3 is 6.18 Å². The lowest BCUT2D eigenvalue weighted by atomic mass is 10.0. The molecule has 50 heavy (non-hydrogen) atoms. The average Bonchev–Trinajstić information content (AvgIpc) is 3.06. The summed E-state index contributed by atoms with van der Waals surface area (Å²) in [5.41, 5.74) is 2.70. The summed E-state index contributed by atoms with van der Waals surface area (Å²) in [7, 11) is -1.82. The largest absolute Gasteiger partial charge is 0.416 e. The van der Waals surface area contributed by atoms with Crippen LogP contribution in [0.2, 0.25) is 18.1 Å². The topological polar surface area (TPSA) is 95.5 Å². The Balaban J connectivity index is 1.21. The standard InChI is InChI=1S/C37H46F3N7O2Si/c1-26-9-10-27(22-33(26)45-35-42-15-13-32(44-35)28-8-7-14-41-24-28)34(48)43-30-12-11-29(31(23-30)37(38,39)40)25-47-18-16-46(17-19-47)20-21-49-50(5,6)36(2,3)4/h7-15,22-24H,16-21,25H2,1-6H3,(H,43,48)(H,42,44,45). The summed E-state index contributed by atoms with van der Waals surface area (Å²) >= 11 is 0. The summed E-state index contributed by atoms with van der Waals surface area (Å²) in [6, 6.07) is 14.5. The molecule has 1 saturated heterocycles. The molecule has 13 heteroatoms. The van der Waals surface area contributed by atoms with E-state index in [9.17, 15) is 18.0 Å². The Hall–Kier alpha value is -4.17. The first-order valence-corrected chi connectivity index (χ1v) is 19.7. The zero-order valence-corrected chi connectivity index (χ0v) is 30.6. The Labute approximate surface area is 293 Å². The van der Waals surface area contributed by atoms with Crippen LogP contribution in [0.15, 0.2) is 73.2 Å². The predicted molar refractivity (Wildman–Crippen MR) is 194 cm³/mol. The molecule has 2 aromatic heterocycles. The maximum absolute atomic E-state index is 14.3. The summed E-state index contributed by atoms with van der Waals surface area (Å²) in [4.78, 5) is 30.6. The van der Waals surface area contributed by atoms with Gasteiger partial charge in [0.15, 0.2) is 8.32 Å². The zero-order valence-electron chi connectivity index (χ0n) is 29.6. The van der Waals surface area contributed by atoms with Gasteiger partial charge in [-0.15, -0.1) is 0 Å². The van der Waals surface area contributed by atoms with Gasteiger partial charge in [-0.2, -0.15) is 13.2 Å². The second-order valence-electron chi connectivity index (χ2n) is 14.2. The Kier molecular flexibility index (Phi) is 11.4. The van der Waals surface area contributed by atoms with E-state index in [4.69, 9.17) is 4.43 Å². The van der Waals surface area contributed by atoms with Gasteiger partial charge in [-0.1, -0.05) is 32.9 Å². The number of carbonyl (C=O) groups excluding carboxylic acids is 1. The smallest absolute Gasteiger partial charge is 0.416 e. The number of alkyl halides is 3. The number of pyridine rings is 1. The van der Waals surface area contributed by atoms with E-state index >= 15 is 0 Å². The van der Waals surface area contributed by atoms with E-state index in [1.54, 1.807) is 42.9 Å². The number of hydrogen-bond donors (Lipinski definition) is 2. The van der Waals surface area contributed by atoms with E-state index in [1.165, 1.54) is 12.1 Å². The van der Waals surface area contributed by atoms with Crippen LogP contribution in [0.5, 0.6) is 0 Å². The van der Waals surface area contributed by atoms with Gasteiger partial charge in [0.2, 0.25) is 5.95 Å². The Morgan fingerprint density at radius 1 is 0.960 bits per heavy atom. The molecule has 3 heterocycles. The van der Waals surface area contributed by atoms with E-state index in [0.717, 1.165) is 36.8 Å². The number of halogens is 3. The lowest BCUT2D eigenvalue weighted by Gasteiger charge is -2.38. The number of aryl methyl sites for hydroxylation is 1. The lowest BCUT2D eigenvalue weighted by Crippen LogP contribution is -2.48. The molecule has 9 nitrogen and oxygen atoms in total. The maximum Gasteiger partial charge on any atom is 0.416 e. The molecule has 1 fully saturated rings. The molecule has 1 amide bonds. The van der Waals surface area contributed by atoms with Crippen LogP contribution in [0.3, 0.4) is 0 Å². The number of aromatic nitrogens is 3. The Bertz CT molecular complexity index is 1770. The third-order valence-corrected chi connectivity index (χ3v) is 14.1. The molecule has 5 rings (SSSR count). The minimum Gasteiger partial charge on any atom is -0.416 e. The van der Waals surface area contributed by atoms with Crippen molar-refractivity contribution in [3.63, 3.8) is 0 Å². The summed E-state index contributed by atoms with van der Waals surface area (Å²) in [5, 5.41) is 5.96. The van der Waals surface area contributed by atoms with E-state index in [1.807, 2.05) is 24.0 Å². The molecule has 0 spiro atoms. The van der Waals surface area contributed by atoms with Crippen molar-refractivity contribution in [1.82, 2.24) is 24.8 Å². The van der Waals surface area contributed by atoms with Crippen LogP contribution in [0, 0.1) is 6.92 Å². The third kappa shape index (κ3) is 9.53. The molecule has 0 unspecified atom stereocenters. The number of carbonyl (C=O) groups is 1. The fraction of sp³-hybridized carbons (Fsp3) is 0.405. The van der Waals surface area contributed by atoms with Crippen LogP contribution >= 0.6 is 0 Å². The van der Waals surface area contributed by atoms with Gasteiger partial charge in [-0.05, 0) is 78.6 Å². The van der Waals surface area contributed by atoms with Crippen LogP contribution in [0.1, 0.15) is 47.8 Å². The Morgan fingerprint density at radius 3 is 2.38 bits per heavy atom. The number of nitrogens with zero attached hydrogens (tertiary/aromatic N) is 5. The van der Waals surface area contributed by atoms with Crippen LogP contribution in [0.25, 0.3) is 11.3 Å². The van der Waals surface area contributed by atoms with Crippen molar-refractivity contribution < 1.29 is 22.4 Å². The molecular weight excluding hydrogens is 660 g/mol. The first-order chi connectivity index (χ1) is 23.6. The second-order valence-corrected chi connectivity index (χ2v) is 19.0. The van der Waals surface area contributed by atoms with Crippen molar-refractivity contribution in [2.24, 2.45) is 0 Å². The highest BCUT2D eigenvalue weighted by Gasteiger charge is 2.37. The van der Waals surface area contributed by atoms with Gasteiger partial charge in [0.05, 0.1) is 11.3 Å². The molecule has 266 valence electrons. The number of anilines is 3. The van der Waals surface area contributed by atoms with Crippen LogP contribution < -0.4 is 10.6 Å². The normalized spacial score (nSPS) is 14.8. The molecule has 4 aromatic rings. The minimum atomic E-state index is -4.58. The molecule has 0 aliphatic carbocycles. The van der Waals surface area contributed by atoms with Crippen LogP contribution in [0.4, 0.5) is 30.5 Å². The molecule has 2 aromatic carbocycles. The van der Waals surface area contributed by atoms with E-state index in [0.29, 0.717) is 37.0 Å². The number of nitrogens with one attached hydrogen (secondary N) is 2. The van der Waals surface area contributed by atoms with Crippen molar-refractivity contribution in [3.8, 4) is 11.3 Å². The van der Waals surface area contributed by atoms with Crippen molar-refractivity contribution in [2.45, 2.75) is 58.5 Å². The minimum absolute atomic E-state index is 0.0696. The quantitative estimate of drug-likeness (QED) is 0.152. The summed E-state index contributed by atoms with van der Waals surface area (Å²) in [6.07, 6.45) is 0.427. The summed E-state index contributed by atoms with van der Waals surface area (Å²) < 4.78 is 49.2. The molecular formula is C37H46F3N7O2Si. The first kappa shape index (κ1) is 37.1. The van der Waals surface area contributed by atoms with Crippen molar-refractivity contribution in [3.05, 3.63) is 95.4 Å². The first-order valence-electron chi connectivity index (χ1n) is 16.8. The van der Waals surface area contributed by atoms with E-state index < -0.39 is 26.0 Å². The molecule has 1 aliphatic rings. The van der Waals surface area contributed by atoms with Crippen molar-refractivity contribution in [2.75, 3.05) is 50.0 Å². The predicted octanol–water partition coefficient (Wildman–Crippen LogP) is 8.00. The second kappa shape index (κ2) is 15.4. The highest BCUT2D eigenvalue weighted by Crippen LogP contribution is 2.37. The number of hydrogen-bond acceptors (Lipinski definition) is 8. The van der Waals surface area contributed by atoms with Gasteiger partial charge in [-0.25, -0.2) is 9.97 Å². The lowest BCUT2D eigenvalue weighted by molar-refractivity contribution is -0.138. The van der Waals surface area contributed by atoms with Crippen molar-refractivity contribution >= 4 is 31.5 Å². The van der Waals surface area contributed by atoms with Gasteiger partial charge in [0.25, 0.3) is 5.91 Å². The molecule has 2 N–H and O–H groups in total. The van der Waals surface area contributed by atoms with Gasteiger partial charge in [0, 0.05) is 87.0 Å². The number of piperazine rings is 1. The highest BCUT2D eigenvalue weighted by molar-refractivity contribution is 6.74. The van der Waals surface area contributed by atoms with Crippen LogP contribution in [-0.2, 0) is 17.1 Å². The summed E-state index contributed by atoms with van der Waals surface area (Å²) in [5.74, 6) is -0.206. The fourth-order valence-corrected chi connectivity index (χ4v) is 6.46. The SMILES string of the molecule is Cc1ccc(C(=O)Nc2ccc(CN3CCN(CCO[Si](C)(C)C(C)(C)C)CC3)c(C(F)(F)F)c2)cc1Nc1nccc(-c2cccnc2)n1. The monoisotopic (exact) mass is 705 g/mol. The summed E-state index contributed by atoms with van der Waals surface area (Å²) in [6.45, 7) is 17.5. The zero-order chi connectivity index (χ0) is 36.1.